The van der Waals surface area contributed by atoms with Crippen LogP contribution in [-0.4, -0.2) is 15.5 Å². The first-order valence-electron chi connectivity index (χ1n) is 8.42. The summed E-state index contributed by atoms with van der Waals surface area (Å²) in [5.41, 5.74) is 3.38. The first kappa shape index (κ1) is 16.1. The Hall–Kier alpha value is -2.40. The van der Waals surface area contributed by atoms with E-state index in [-0.39, 0.29) is 5.91 Å². The maximum atomic E-state index is 12.4. The maximum Gasteiger partial charge on any atom is 0.255 e. The van der Waals surface area contributed by atoms with E-state index in [4.69, 9.17) is 4.98 Å². The molecular formula is C20H18BrN3O. The summed E-state index contributed by atoms with van der Waals surface area (Å²) in [6.07, 6.45) is 5.58. The standard InChI is InChI=1S/C20H18BrN3O/c21-16-7-3-6-15(11-16)20(25)22-17-8-4-5-14(12-17)18-13-24-10-2-1-9-19(24)23-18/h3-8,11-13H,1-2,9-10H2,(H,22,25). The van der Waals surface area contributed by atoms with Crippen LogP contribution >= 0.6 is 15.9 Å². The molecule has 0 saturated carbocycles. The van der Waals surface area contributed by atoms with Gasteiger partial charge in [-0.2, -0.15) is 0 Å². The lowest BCUT2D eigenvalue weighted by molar-refractivity contribution is 0.102. The predicted molar refractivity (Wildman–Crippen MR) is 103 cm³/mol. The summed E-state index contributed by atoms with van der Waals surface area (Å²) in [4.78, 5) is 17.2. The van der Waals surface area contributed by atoms with E-state index in [1.807, 2.05) is 42.5 Å². The molecule has 0 atom stereocenters. The van der Waals surface area contributed by atoms with Gasteiger partial charge in [0.05, 0.1) is 5.69 Å². The Morgan fingerprint density at radius 2 is 2.00 bits per heavy atom. The molecule has 126 valence electrons. The monoisotopic (exact) mass is 395 g/mol. The summed E-state index contributed by atoms with van der Waals surface area (Å²) < 4.78 is 3.13. The number of anilines is 1. The minimum Gasteiger partial charge on any atom is -0.334 e. The van der Waals surface area contributed by atoms with Crippen LogP contribution in [0.1, 0.15) is 29.0 Å². The van der Waals surface area contributed by atoms with Crippen LogP contribution in [-0.2, 0) is 13.0 Å². The molecular weight excluding hydrogens is 378 g/mol. The zero-order valence-corrected chi connectivity index (χ0v) is 15.3. The van der Waals surface area contributed by atoms with Crippen LogP contribution in [0.15, 0.2) is 59.2 Å². The van der Waals surface area contributed by atoms with Crippen molar-refractivity contribution in [2.24, 2.45) is 0 Å². The molecule has 5 heteroatoms. The number of aryl methyl sites for hydroxylation is 2. The summed E-state index contributed by atoms with van der Waals surface area (Å²) in [5.74, 6) is 1.03. The lowest BCUT2D eigenvalue weighted by Crippen LogP contribution is -2.11. The van der Waals surface area contributed by atoms with Gasteiger partial charge < -0.3 is 9.88 Å². The second-order valence-corrected chi connectivity index (χ2v) is 7.15. The predicted octanol–water partition coefficient (Wildman–Crippen LogP) is 4.90. The van der Waals surface area contributed by atoms with Crippen molar-refractivity contribution in [2.75, 3.05) is 5.32 Å². The summed E-state index contributed by atoms with van der Waals surface area (Å²) >= 11 is 3.40. The third-order valence-electron chi connectivity index (χ3n) is 4.41. The van der Waals surface area contributed by atoms with E-state index in [0.717, 1.165) is 40.2 Å². The molecule has 0 fully saturated rings. The van der Waals surface area contributed by atoms with Gasteiger partial charge in [-0.15, -0.1) is 0 Å². The zero-order chi connectivity index (χ0) is 17.2. The number of nitrogens with one attached hydrogen (secondary N) is 1. The summed E-state index contributed by atoms with van der Waals surface area (Å²) in [6, 6.07) is 15.2. The van der Waals surface area contributed by atoms with E-state index in [1.54, 1.807) is 6.07 Å². The fourth-order valence-corrected chi connectivity index (χ4v) is 3.54. The van der Waals surface area contributed by atoms with Gasteiger partial charge in [0.2, 0.25) is 0 Å². The van der Waals surface area contributed by atoms with Crippen LogP contribution in [0.4, 0.5) is 5.69 Å². The number of nitrogens with zero attached hydrogens (tertiary/aromatic N) is 2. The first-order chi connectivity index (χ1) is 12.2. The van der Waals surface area contributed by atoms with E-state index < -0.39 is 0 Å². The molecule has 2 heterocycles. The fraction of sp³-hybridized carbons (Fsp3) is 0.200. The van der Waals surface area contributed by atoms with E-state index in [1.165, 1.54) is 12.8 Å². The number of carbonyl (C=O) groups is 1. The molecule has 0 bridgehead atoms. The zero-order valence-electron chi connectivity index (χ0n) is 13.7. The molecule has 1 aliphatic heterocycles. The van der Waals surface area contributed by atoms with E-state index >= 15 is 0 Å². The van der Waals surface area contributed by atoms with E-state index in [2.05, 4.69) is 32.0 Å². The Morgan fingerprint density at radius 1 is 1.12 bits per heavy atom. The van der Waals surface area contributed by atoms with Crippen molar-refractivity contribution in [3.63, 3.8) is 0 Å². The molecule has 1 N–H and O–H groups in total. The molecule has 0 radical (unpaired) electrons. The van der Waals surface area contributed by atoms with E-state index in [9.17, 15) is 4.79 Å². The number of fused-ring (bicyclic) bond motifs is 1. The van der Waals surface area contributed by atoms with Crippen molar-refractivity contribution in [1.82, 2.24) is 9.55 Å². The van der Waals surface area contributed by atoms with Gasteiger partial charge >= 0.3 is 0 Å². The number of halogens is 1. The molecule has 0 unspecified atom stereocenters. The van der Waals surface area contributed by atoms with Crippen molar-refractivity contribution >= 4 is 27.5 Å². The maximum absolute atomic E-state index is 12.4. The summed E-state index contributed by atoms with van der Waals surface area (Å²) in [6.45, 7) is 1.04. The largest absolute Gasteiger partial charge is 0.334 e. The minimum atomic E-state index is -0.123. The molecule has 4 nitrogen and oxygen atoms in total. The topological polar surface area (TPSA) is 46.9 Å². The smallest absolute Gasteiger partial charge is 0.255 e. The number of rotatable bonds is 3. The van der Waals surface area contributed by atoms with Crippen molar-refractivity contribution in [3.05, 3.63) is 70.6 Å². The molecule has 25 heavy (non-hydrogen) atoms. The highest BCUT2D eigenvalue weighted by atomic mass is 79.9. The number of amides is 1. The third kappa shape index (κ3) is 3.51. The molecule has 0 saturated heterocycles. The van der Waals surface area contributed by atoms with Crippen molar-refractivity contribution in [1.29, 1.82) is 0 Å². The minimum absolute atomic E-state index is 0.123. The van der Waals surface area contributed by atoms with Crippen LogP contribution in [0, 0.1) is 0 Å². The highest BCUT2D eigenvalue weighted by Gasteiger charge is 2.14. The van der Waals surface area contributed by atoms with Gasteiger partial charge in [0.15, 0.2) is 0 Å². The number of carbonyl (C=O) groups excluding carboxylic acids is 1. The van der Waals surface area contributed by atoms with Gasteiger partial charge in [0.1, 0.15) is 5.82 Å². The highest BCUT2D eigenvalue weighted by Crippen LogP contribution is 2.25. The Kier molecular flexibility index (Phi) is 4.40. The fourth-order valence-electron chi connectivity index (χ4n) is 3.14. The molecule has 2 aromatic carbocycles. The molecule has 1 amide bonds. The van der Waals surface area contributed by atoms with Crippen LogP contribution in [0.5, 0.6) is 0 Å². The van der Waals surface area contributed by atoms with Crippen LogP contribution < -0.4 is 5.32 Å². The van der Waals surface area contributed by atoms with Crippen molar-refractivity contribution in [3.8, 4) is 11.3 Å². The lowest BCUT2D eigenvalue weighted by atomic mass is 10.1. The van der Waals surface area contributed by atoms with Crippen LogP contribution in [0.25, 0.3) is 11.3 Å². The lowest BCUT2D eigenvalue weighted by Gasteiger charge is -2.11. The third-order valence-corrected chi connectivity index (χ3v) is 4.90. The quantitative estimate of drug-likeness (QED) is 0.685. The number of hydrogen-bond acceptors (Lipinski definition) is 2. The van der Waals surface area contributed by atoms with Gasteiger partial charge in [-0.3, -0.25) is 4.79 Å². The molecule has 0 aliphatic carbocycles. The van der Waals surface area contributed by atoms with Gasteiger partial charge in [0.25, 0.3) is 5.91 Å². The van der Waals surface area contributed by atoms with Gasteiger partial charge in [-0.05, 0) is 43.2 Å². The molecule has 1 aromatic heterocycles. The number of hydrogen-bond donors (Lipinski definition) is 1. The van der Waals surface area contributed by atoms with Gasteiger partial charge in [-0.1, -0.05) is 34.1 Å². The number of aromatic nitrogens is 2. The highest BCUT2D eigenvalue weighted by molar-refractivity contribution is 9.10. The van der Waals surface area contributed by atoms with Crippen molar-refractivity contribution < 1.29 is 4.79 Å². The number of imidazole rings is 1. The second kappa shape index (κ2) is 6.84. The van der Waals surface area contributed by atoms with Gasteiger partial charge in [0, 0.05) is 40.4 Å². The Morgan fingerprint density at radius 3 is 2.84 bits per heavy atom. The SMILES string of the molecule is O=C(Nc1cccc(-c2cn3c(n2)CCCC3)c1)c1cccc(Br)c1. The first-order valence-corrected chi connectivity index (χ1v) is 9.22. The van der Waals surface area contributed by atoms with Crippen LogP contribution in [0.3, 0.4) is 0 Å². The molecule has 3 aromatic rings. The molecule has 4 rings (SSSR count). The van der Waals surface area contributed by atoms with Gasteiger partial charge in [-0.25, -0.2) is 4.98 Å². The van der Waals surface area contributed by atoms with E-state index in [0.29, 0.717) is 5.56 Å². The Labute approximate surface area is 155 Å². The number of benzene rings is 2. The Bertz CT molecular complexity index is 909. The summed E-state index contributed by atoms with van der Waals surface area (Å²) in [7, 11) is 0. The second-order valence-electron chi connectivity index (χ2n) is 6.24. The molecule has 0 spiro atoms. The average Bonchev–Trinajstić information content (AvgIpc) is 3.06. The summed E-state index contributed by atoms with van der Waals surface area (Å²) in [5, 5.41) is 2.96. The normalized spacial score (nSPS) is 13.3. The van der Waals surface area contributed by atoms with Crippen molar-refractivity contribution in [2.45, 2.75) is 25.8 Å². The Balaban J connectivity index is 1.57. The molecule has 1 aliphatic rings. The van der Waals surface area contributed by atoms with Crippen LogP contribution in [0.2, 0.25) is 0 Å². The average molecular weight is 396 g/mol.